The Balaban J connectivity index is 6.95. The second kappa shape index (κ2) is 11.1. The molecule has 0 saturated heterocycles. The van der Waals surface area contributed by atoms with Gasteiger partial charge in [-0.1, -0.05) is 19.9 Å². The summed E-state index contributed by atoms with van der Waals surface area (Å²) >= 11 is 0. The van der Waals surface area contributed by atoms with Crippen LogP contribution in [0.2, 0.25) is 0 Å². The number of ether oxygens (including phenoxy) is 1. The monoisotopic (exact) mass is 637 g/mol. The molecule has 1 atom stereocenters. The number of esters is 1. The molecule has 4 nitrogen and oxygen atoms in total. The Morgan fingerprint density at radius 2 is 1.05 bits per heavy atom. The SMILES string of the molecule is C=C(C(=O)OCC)N(CCCC)S(=O)C(F)(F)C(F)(F)C(F)(F)C(F)(F)C(F)(F)C(F)(F)C(F)(F)C(F)(F)F. The van der Waals surface area contributed by atoms with Gasteiger partial charge >= 0.3 is 52.9 Å². The quantitative estimate of drug-likeness (QED) is 0.120. The van der Waals surface area contributed by atoms with E-state index in [0.717, 1.165) is 6.92 Å². The second-order valence-electron chi connectivity index (χ2n) is 7.33. The van der Waals surface area contributed by atoms with Crippen molar-refractivity contribution in [3.8, 4) is 0 Å². The van der Waals surface area contributed by atoms with Crippen LogP contribution in [-0.2, 0) is 20.5 Å². The Kier molecular flexibility index (Phi) is 10.5. The van der Waals surface area contributed by atoms with E-state index in [1.165, 1.54) is 6.92 Å². The normalized spacial score (nSPS) is 15.7. The minimum Gasteiger partial charge on any atom is -0.461 e. The zero-order chi connectivity index (χ0) is 31.8. The van der Waals surface area contributed by atoms with Crippen LogP contribution >= 0.6 is 0 Å². The van der Waals surface area contributed by atoms with Crippen LogP contribution in [0.1, 0.15) is 26.7 Å². The average Bonchev–Trinajstić information content (AvgIpc) is 2.77. The minimum absolute atomic E-state index is 0.116. The summed E-state index contributed by atoms with van der Waals surface area (Å²) in [5.74, 6) is -53.1. The summed E-state index contributed by atoms with van der Waals surface area (Å²) in [5, 5.41) is -7.24. The lowest BCUT2D eigenvalue weighted by molar-refractivity contribution is -0.458. The molecule has 0 aliphatic rings. The maximum Gasteiger partial charge on any atom is 0.460 e. The summed E-state index contributed by atoms with van der Waals surface area (Å²) in [6, 6.07) is 0. The molecule has 0 radical (unpaired) electrons. The molecule has 1 unspecified atom stereocenters. The van der Waals surface area contributed by atoms with Crippen molar-refractivity contribution in [1.29, 1.82) is 0 Å². The molecule has 0 aliphatic carbocycles. The summed E-state index contributed by atoms with van der Waals surface area (Å²) in [7, 11) is -5.18. The number of nitrogens with zero attached hydrogens (tertiary/aromatic N) is 1. The highest BCUT2D eigenvalue weighted by atomic mass is 32.2. The number of alkyl halides is 17. The Hall–Kier alpha value is -2.03. The molecule has 0 rings (SSSR count). The van der Waals surface area contributed by atoms with Crippen LogP contribution in [0.4, 0.5) is 74.6 Å². The standard InChI is InChI=1S/C17H16F17NO3S/c1-4-6-7-35(8(3)9(36)38-5-2)39(37)17(33,34)15(28,29)13(24,25)11(20,21)10(18,19)12(22,23)14(26,27)16(30,31)32/h3-7H2,1-2H3. The highest BCUT2D eigenvalue weighted by molar-refractivity contribution is 7.84. The maximum absolute atomic E-state index is 14.4. The summed E-state index contributed by atoms with van der Waals surface area (Å²) < 4.78 is 244. The third-order valence-electron chi connectivity index (χ3n) is 4.64. The fraction of sp³-hybridized carbons (Fsp3) is 0.824. The molecule has 0 N–H and O–H groups in total. The zero-order valence-electron chi connectivity index (χ0n) is 19.0. The molecule has 0 amide bonds. The van der Waals surface area contributed by atoms with E-state index >= 15 is 0 Å². The van der Waals surface area contributed by atoms with Gasteiger partial charge in [-0.2, -0.15) is 74.6 Å². The zero-order valence-corrected chi connectivity index (χ0v) is 19.9. The van der Waals surface area contributed by atoms with Crippen molar-refractivity contribution < 1.29 is 88.4 Å². The predicted octanol–water partition coefficient (Wildman–Crippen LogP) is 6.80. The van der Waals surface area contributed by atoms with Gasteiger partial charge in [-0.15, -0.1) is 0 Å². The molecule has 0 fully saturated rings. The Morgan fingerprint density at radius 1 is 0.692 bits per heavy atom. The summed E-state index contributed by atoms with van der Waals surface area (Å²) in [6.07, 6.45) is -8.49. The molecule has 0 bridgehead atoms. The lowest BCUT2D eigenvalue weighted by Gasteiger charge is -2.43. The van der Waals surface area contributed by atoms with Crippen molar-refractivity contribution in [2.75, 3.05) is 13.2 Å². The molecule has 232 valence electrons. The number of unbranched alkanes of at least 4 members (excludes halogenated alkanes) is 1. The Labute approximate surface area is 209 Å². The number of halogens is 17. The topological polar surface area (TPSA) is 46.6 Å². The van der Waals surface area contributed by atoms with Crippen LogP contribution in [0, 0.1) is 0 Å². The van der Waals surface area contributed by atoms with Crippen LogP contribution in [-0.4, -0.2) is 74.6 Å². The highest BCUT2D eigenvalue weighted by Crippen LogP contribution is 2.64. The van der Waals surface area contributed by atoms with Crippen LogP contribution in [0.5, 0.6) is 0 Å². The van der Waals surface area contributed by atoms with E-state index in [1.54, 1.807) is 0 Å². The van der Waals surface area contributed by atoms with Gasteiger partial charge in [0.1, 0.15) is 5.70 Å². The molecule has 39 heavy (non-hydrogen) atoms. The molecule has 0 aromatic carbocycles. The molecule has 0 aromatic heterocycles. The van der Waals surface area contributed by atoms with Gasteiger partial charge in [0.15, 0.2) is 11.0 Å². The largest absolute Gasteiger partial charge is 0.461 e. The minimum atomic E-state index is -8.81. The fourth-order valence-corrected chi connectivity index (χ4v) is 3.53. The van der Waals surface area contributed by atoms with Gasteiger partial charge in [0.05, 0.1) is 6.61 Å². The van der Waals surface area contributed by atoms with Crippen molar-refractivity contribution in [3.05, 3.63) is 12.3 Å². The van der Waals surface area contributed by atoms with Gasteiger partial charge in [0.25, 0.3) is 0 Å². The summed E-state index contributed by atoms with van der Waals surface area (Å²) in [5.41, 5.74) is -1.56. The van der Waals surface area contributed by atoms with E-state index in [4.69, 9.17) is 0 Å². The van der Waals surface area contributed by atoms with Crippen molar-refractivity contribution >= 4 is 17.0 Å². The van der Waals surface area contributed by atoms with E-state index < -0.39 is 93.5 Å². The van der Waals surface area contributed by atoms with Gasteiger partial charge in [0.2, 0.25) is 0 Å². The molecule has 0 aromatic rings. The summed E-state index contributed by atoms with van der Waals surface area (Å²) in [6.45, 7) is 3.20. The molecule has 22 heteroatoms. The van der Waals surface area contributed by atoms with Gasteiger partial charge < -0.3 is 4.74 Å². The van der Waals surface area contributed by atoms with Crippen LogP contribution in [0.25, 0.3) is 0 Å². The number of hydrogen-bond acceptors (Lipinski definition) is 3. The first-order valence-electron chi connectivity index (χ1n) is 9.77. The predicted molar refractivity (Wildman–Crippen MR) is 96.2 cm³/mol. The van der Waals surface area contributed by atoms with Gasteiger partial charge in [-0.3, -0.25) is 4.31 Å². The third-order valence-corrected chi connectivity index (χ3v) is 6.14. The second-order valence-corrected chi connectivity index (χ2v) is 8.78. The average molecular weight is 637 g/mol. The lowest BCUT2D eigenvalue weighted by atomic mass is 9.91. The first-order valence-corrected chi connectivity index (χ1v) is 10.9. The molecular formula is C17H16F17NO3S. The summed E-state index contributed by atoms with van der Waals surface area (Å²) in [4.78, 5) is 11.7. The van der Waals surface area contributed by atoms with Crippen molar-refractivity contribution in [2.45, 2.75) is 73.7 Å². The third kappa shape index (κ3) is 5.62. The highest BCUT2D eigenvalue weighted by Gasteiger charge is 2.95. The number of rotatable bonds is 14. The molecule has 0 saturated carbocycles. The first kappa shape index (κ1) is 37.0. The van der Waals surface area contributed by atoms with Gasteiger partial charge in [0, 0.05) is 6.54 Å². The Bertz CT molecular complexity index is 932. The lowest BCUT2D eigenvalue weighted by Crippen LogP contribution is -2.75. The van der Waals surface area contributed by atoms with Crippen molar-refractivity contribution in [3.63, 3.8) is 0 Å². The molecule has 0 aliphatic heterocycles. The van der Waals surface area contributed by atoms with E-state index in [2.05, 4.69) is 11.3 Å². The van der Waals surface area contributed by atoms with E-state index in [-0.39, 0.29) is 6.42 Å². The fourth-order valence-electron chi connectivity index (χ4n) is 2.33. The number of hydrogen-bond donors (Lipinski definition) is 0. The first-order chi connectivity index (χ1) is 17.0. The maximum atomic E-state index is 14.4. The van der Waals surface area contributed by atoms with Crippen LogP contribution in [0.15, 0.2) is 12.3 Å². The van der Waals surface area contributed by atoms with E-state index in [9.17, 15) is 83.6 Å². The molecule has 0 spiro atoms. The Morgan fingerprint density at radius 3 is 1.38 bits per heavy atom. The molecule has 0 heterocycles. The van der Waals surface area contributed by atoms with Crippen molar-refractivity contribution in [1.82, 2.24) is 4.31 Å². The van der Waals surface area contributed by atoms with E-state index in [0.29, 0.717) is 0 Å². The number of carbonyl (C=O) groups is 1. The number of carbonyl (C=O) groups excluding carboxylic acids is 1. The van der Waals surface area contributed by atoms with Gasteiger partial charge in [-0.25, -0.2) is 9.00 Å². The van der Waals surface area contributed by atoms with E-state index in [1.807, 2.05) is 0 Å². The molecular weight excluding hydrogens is 621 g/mol. The van der Waals surface area contributed by atoms with Crippen molar-refractivity contribution in [2.24, 2.45) is 0 Å². The van der Waals surface area contributed by atoms with Gasteiger partial charge in [-0.05, 0) is 13.3 Å². The van der Waals surface area contributed by atoms with Crippen LogP contribution in [0.3, 0.4) is 0 Å². The van der Waals surface area contributed by atoms with Crippen LogP contribution < -0.4 is 0 Å². The smallest absolute Gasteiger partial charge is 0.460 e.